The second-order valence-electron chi connectivity index (χ2n) is 6.68. The standard InChI is InChI=1S/C18H26N2O6/c1-18(2,3)26-17(24)20(14(15(21)22)10-7-11-19)16(23)25-12-13-8-5-4-6-9-13/h4-6,8-9,14H,7,10-12,19H2,1-3H3,(H,21,22). The molecule has 1 unspecified atom stereocenters. The lowest BCUT2D eigenvalue weighted by Gasteiger charge is -2.29. The van der Waals surface area contributed by atoms with Crippen molar-refractivity contribution in [3.8, 4) is 0 Å². The highest BCUT2D eigenvalue weighted by molar-refractivity contribution is 5.93. The van der Waals surface area contributed by atoms with Crippen molar-refractivity contribution in [3.63, 3.8) is 0 Å². The Morgan fingerprint density at radius 2 is 1.77 bits per heavy atom. The number of carboxylic acids is 1. The van der Waals surface area contributed by atoms with Crippen LogP contribution in [-0.2, 0) is 20.9 Å². The van der Waals surface area contributed by atoms with Crippen LogP contribution in [0.2, 0.25) is 0 Å². The van der Waals surface area contributed by atoms with E-state index >= 15 is 0 Å². The molecule has 8 heteroatoms. The number of nitrogens with zero attached hydrogens (tertiary/aromatic N) is 1. The van der Waals surface area contributed by atoms with Gasteiger partial charge in [0.2, 0.25) is 0 Å². The summed E-state index contributed by atoms with van der Waals surface area (Å²) in [4.78, 5) is 37.0. The van der Waals surface area contributed by atoms with E-state index in [1.807, 2.05) is 6.07 Å². The van der Waals surface area contributed by atoms with Gasteiger partial charge in [-0.2, -0.15) is 4.90 Å². The highest BCUT2D eigenvalue weighted by Crippen LogP contribution is 2.17. The number of aliphatic carboxylic acids is 1. The molecular formula is C18H26N2O6. The predicted molar refractivity (Wildman–Crippen MR) is 94.4 cm³/mol. The summed E-state index contributed by atoms with van der Waals surface area (Å²) >= 11 is 0. The Bertz CT molecular complexity index is 612. The van der Waals surface area contributed by atoms with Crippen LogP contribution in [-0.4, -0.2) is 46.3 Å². The quantitative estimate of drug-likeness (QED) is 0.761. The van der Waals surface area contributed by atoms with Gasteiger partial charge in [0, 0.05) is 0 Å². The van der Waals surface area contributed by atoms with E-state index in [1.165, 1.54) is 0 Å². The first-order valence-electron chi connectivity index (χ1n) is 8.31. The molecule has 1 atom stereocenters. The zero-order valence-corrected chi connectivity index (χ0v) is 15.3. The van der Waals surface area contributed by atoms with E-state index in [0.29, 0.717) is 16.9 Å². The minimum atomic E-state index is -1.42. The van der Waals surface area contributed by atoms with Gasteiger partial charge >= 0.3 is 18.2 Å². The maximum Gasteiger partial charge on any atom is 0.420 e. The highest BCUT2D eigenvalue weighted by Gasteiger charge is 2.38. The van der Waals surface area contributed by atoms with Gasteiger partial charge in [0.15, 0.2) is 0 Å². The molecule has 1 aromatic rings. The van der Waals surface area contributed by atoms with Crippen LogP contribution in [0.25, 0.3) is 0 Å². The summed E-state index contributed by atoms with van der Waals surface area (Å²) in [7, 11) is 0. The van der Waals surface area contributed by atoms with Crippen molar-refractivity contribution in [2.24, 2.45) is 5.73 Å². The second-order valence-corrected chi connectivity index (χ2v) is 6.68. The van der Waals surface area contributed by atoms with Gasteiger partial charge in [-0.15, -0.1) is 0 Å². The van der Waals surface area contributed by atoms with Gasteiger partial charge in [0.25, 0.3) is 0 Å². The maximum absolute atomic E-state index is 12.5. The van der Waals surface area contributed by atoms with E-state index < -0.39 is 29.8 Å². The number of amides is 2. The van der Waals surface area contributed by atoms with Crippen molar-refractivity contribution in [1.82, 2.24) is 4.90 Å². The number of imide groups is 1. The Hall–Kier alpha value is -2.61. The van der Waals surface area contributed by atoms with Crippen molar-refractivity contribution in [2.45, 2.75) is 51.9 Å². The molecule has 1 aromatic carbocycles. The first-order valence-corrected chi connectivity index (χ1v) is 8.31. The Balaban J connectivity index is 2.98. The van der Waals surface area contributed by atoms with Gasteiger partial charge in [0.1, 0.15) is 18.2 Å². The molecule has 0 saturated heterocycles. The van der Waals surface area contributed by atoms with Gasteiger partial charge in [0.05, 0.1) is 0 Å². The molecule has 0 spiro atoms. The van der Waals surface area contributed by atoms with E-state index in [9.17, 15) is 19.5 Å². The lowest BCUT2D eigenvalue weighted by Crippen LogP contribution is -2.50. The molecule has 0 bridgehead atoms. The van der Waals surface area contributed by atoms with Crippen LogP contribution in [0, 0.1) is 0 Å². The van der Waals surface area contributed by atoms with Gasteiger partial charge in [-0.05, 0) is 45.7 Å². The van der Waals surface area contributed by atoms with Crippen LogP contribution >= 0.6 is 0 Å². The molecule has 0 fully saturated rings. The Morgan fingerprint density at radius 3 is 2.27 bits per heavy atom. The maximum atomic E-state index is 12.5. The Kier molecular flexibility index (Phi) is 8.05. The minimum absolute atomic E-state index is 0.00547. The topological polar surface area (TPSA) is 119 Å². The summed E-state index contributed by atoms with van der Waals surface area (Å²) in [6.07, 6.45) is -1.82. The first-order chi connectivity index (χ1) is 12.2. The smallest absolute Gasteiger partial charge is 0.420 e. The summed E-state index contributed by atoms with van der Waals surface area (Å²) in [5.74, 6) is -1.33. The summed E-state index contributed by atoms with van der Waals surface area (Å²) in [6, 6.07) is 7.43. The fourth-order valence-electron chi connectivity index (χ4n) is 2.10. The summed E-state index contributed by atoms with van der Waals surface area (Å²) in [5.41, 5.74) is 5.23. The summed E-state index contributed by atoms with van der Waals surface area (Å²) < 4.78 is 10.3. The van der Waals surface area contributed by atoms with Crippen molar-refractivity contribution in [3.05, 3.63) is 35.9 Å². The van der Waals surface area contributed by atoms with Crippen molar-refractivity contribution >= 4 is 18.2 Å². The minimum Gasteiger partial charge on any atom is -0.480 e. The molecule has 26 heavy (non-hydrogen) atoms. The van der Waals surface area contributed by atoms with Crippen molar-refractivity contribution in [1.29, 1.82) is 0 Å². The van der Waals surface area contributed by atoms with Crippen LogP contribution in [0.4, 0.5) is 9.59 Å². The lowest BCUT2D eigenvalue weighted by molar-refractivity contribution is -0.143. The zero-order valence-electron chi connectivity index (χ0n) is 15.3. The highest BCUT2D eigenvalue weighted by atomic mass is 16.6. The Morgan fingerprint density at radius 1 is 1.15 bits per heavy atom. The molecule has 0 heterocycles. The molecule has 0 aliphatic rings. The average Bonchev–Trinajstić information content (AvgIpc) is 2.55. The molecule has 1 rings (SSSR count). The molecule has 3 N–H and O–H groups in total. The number of benzene rings is 1. The van der Waals surface area contributed by atoms with Crippen LogP contribution < -0.4 is 5.73 Å². The Labute approximate surface area is 152 Å². The number of carboxylic acid groups (broad SMARTS) is 1. The molecule has 0 aromatic heterocycles. The summed E-state index contributed by atoms with van der Waals surface area (Å²) in [6.45, 7) is 4.99. The van der Waals surface area contributed by atoms with E-state index in [-0.39, 0.29) is 19.6 Å². The number of hydrogen-bond donors (Lipinski definition) is 2. The van der Waals surface area contributed by atoms with Crippen molar-refractivity contribution in [2.75, 3.05) is 6.54 Å². The lowest BCUT2D eigenvalue weighted by atomic mass is 10.1. The van der Waals surface area contributed by atoms with Crippen LogP contribution in [0.15, 0.2) is 30.3 Å². The second kappa shape index (κ2) is 9.76. The SMILES string of the molecule is CC(C)(C)OC(=O)N(C(=O)OCc1ccccc1)C(CCCN)C(=O)O. The monoisotopic (exact) mass is 366 g/mol. The van der Waals surface area contributed by atoms with E-state index in [0.717, 1.165) is 0 Å². The fourth-order valence-corrected chi connectivity index (χ4v) is 2.10. The van der Waals surface area contributed by atoms with E-state index in [4.69, 9.17) is 15.2 Å². The molecule has 0 radical (unpaired) electrons. The number of rotatable bonds is 7. The number of ether oxygens (including phenoxy) is 2. The van der Waals surface area contributed by atoms with Gasteiger partial charge in [-0.3, -0.25) is 0 Å². The molecule has 8 nitrogen and oxygen atoms in total. The largest absolute Gasteiger partial charge is 0.480 e. The molecule has 2 amide bonds. The number of hydrogen-bond acceptors (Lipinski definition) is 6. The van der Waals surface area contributed by atoms with Crippen LogP contribution in [0.5, 0.6) is 0 Å². The van der Waals surface area contributed by atoms with Gasteiger partial charge < -0.3 is 20.3 Å². The normalized spacial score (nSPS) is 12.2. The first kappa shape index (κ1) is 21.4. The summed E-state index contributed by atoms with van der Waals surface area (Å²) in [5, 5.41) is 9.45. The molecule has 0 saturated carbocycles. The zero-order chi connectivity index (χ0) is 19.7. The van der Waals surface area contributed by atoms with Crippen LogP contribution in [0.1, 0.15) is 39.2 Å². The third-order valence-corrected chi connectivity index (χ3v) is 3.27. The van der Waals surface area contributed by atoms with Gasteiger partial charge in [-0.1, -0.05) is 30.3 Å². The molecule has 144 valence electrons. The van der Waals surface area contributed by atoms with Gasteiger partial charge in [-0.25, -0.2) is 14.4 Å². The number of nitrogens with two attached hydrogens (primary N) is 1. The third-order valence-electron chi connectivity index (χ3n) is 3.27. The van der Waals surface area contributed by atoms with E-state index in [2.05, 4.69) is 0 Å². The fraction of sp³-hybridized carbons (Fsp3) is 0.500. The van der Waals surface area contributed by atoms with Crippen molar-refractivity contribution < 1.29 is 29.0 Å². The molecule has 0 aliphatic carbocycles. The average molecular weight is 366 g/mol. The third kappa shape index (κ3) is 7.10. The predicted octanol–water partition coefficient (Wildman–Crippen LogP) is 2.75. The number of carbonyl (C=O) groups excluding carboxylic acids is 2. The number of carbonyl (C=O) groups is 3. The molecule has 0 aliphatic heterocycles. The van der Waals surface area contributed by atoms with Crippen LogP contribution in [0.3, 0.4) is 0 Å². The van der Waals surface area contributed by atoms with E-state index in [1.54, 1.807) is 45.0 Å². The molecular weight excluding hydrogens is 340 g/mol.